The van der Waals surface area contributed by atoms with Crippen LogP contribution in [-0.2, 0) is 24.8 Å². The maximum absolute atomic E-state index is 13.2. The van der Waals surface area contributed by atoms with Crippen molar-refractivity contribution >= 4 is 11.7 Å². The van der Waals surface area contributed by atoms with E-state index in [-0.39, 0.29) is 11.3 Å². The smallest absolute Gasteiger partial charge is 0.231 e. The topological polar surface area (TPSA) is 59.0 Å². The molecule has 4 bridgehead atoms. The Morgan fingerprint density at radius 2 is 1.87 bits per heavy atom. The highest BCUT2D eigenvalue weighted by Gasteiger charge is 2.54. The van der Waals surface area contributed by atoms with E-state index in [1.54, 1.807) is 0 Å². The summed E-state index contributed by atoms with van der Waals surface area (Å²) in [4.78, 5) is 13.2. The lowest BCUT2D eigenvalue weighted by atomic mass is 9.49. The first-order chi connectivity index (χ1) is 11.1. The van der Waals surface area contributed by atoms with Gasteiger partial charge in [0.1, 0.15) is 5.82 Å². The van der Waals surface area contributed by atoms with Crippen molar-refractivity contribution in [2.45, 2.75) is 51.5 Å². The standard InChI is InChI=1S/C18H26N4O/c1-22-16(14-10-19-3-2-15(14)21-22)20-17(23)18-7-11-4-12(8-18)6-13(5-11)9-18/h11-13,19H,2-10H2,1H3,(H,20,23). The van der Waals surface area contributed by atoms with E-state index in [2.05, 4.69) is 15.7 Å². The molecular weight excluding hydrogens is 288 g/mol. The number of aryl methyl sites for hydroxylation is 1. The van der Waals surface area contributed by atoms with Crippen molar-refractivity contribution in [2.75, 3.05) is 11.9 Å². The van der Waals surface area contributed by atoms with E-state index in [1.165, 1.54) is 24.8 Å². The van der Waals surface area contributed by atoms with Crippen LogP contribution in [0.15, 0.2) is 0 Å². The Balaban J connectivity index is 1.43. The van der Waals surface area contributed by atoms with E-state index in [9.17, 15) is 4.79 Å². The summed E-state index contributed by atoms with van der Waals surface area (Å²) in [6, 6.07) is 0. The molecule has 0 saturated heterocycles. The molecule has 1 aromatic rings. The fourth-order valence-corrected chi connectivity index (χ4v) is 6.22. The zero-order valence-corrected chi connectivity index (χ0v) is 13.9. The van der Waals surface area contributed by atoms with E-state index >= 15 is 0 Å². The summed E-state index contributed by atoms with van der Waals surface area (Å²) in [5.74, 6) is 3.60. The Morgan fingerprint density at radius 1 is 1.22 bits per heavy atom. The van der Waals surface area contributed by atoms with Gasteiger partial charge in [-0.1, -0.05) is 0 Å². The number of hydrogen-bond donors (Lipinski definition) is 2. The summed E-state index contributed by atoms with van der Waals surface area (Å²) >= 11 is 0. The van der Waals surface area contributed by atoms with Gasteiger partial charge in [-0.15, -0.1) is 0 Å². The molecule has 0 aromatic carbocycles. The molecule has 0 atom stereocenters. The van der Waals surface area contributed by atoms with Gasteiger partial charge in [-0.3, -0.25) is 9.48 Å². The fraction of sp³-hybridized carbons (Fsp3) is 0.778. The number of aromatic nitrogens is 2. The zero-order valence-electron chi connectivity index (χ0n) is 13.9. The molecule has 1 amide bonds. The van der Waals surface area contributed by atoms with E-state index in [4.69, 9.17) is 0 Å². The molecule has 1 aromatic heterocycles. The van der Waals surface area contributed by atoms with Crippen molar-refractivity contribution in [3.05, 3.63) is 11.3 Å². The minimum atomic E-state index is -0.0893. The number of nitrogens with one attached hydrogen (secondary N) is 2. The lowest BCUT2D eigenvalue weighted by Gasteiger charge is -2.55. The third kappa shape index (κ3) is 2.09. The molecule has 4 aliphatic carbocycles. The molecule has 0 spiro atoms. The number of carbonyl (C=O) groups is 1. The average molecular weight is 314 g/mol. The van der Waals surface area contributed by atoms with Crippen LogP contribution in [-0.4, -0.2) is 22.2 Å². The molecule has 23 heavy (non-hydrogen) atoms. The van der Waals surface area contributed by atoms with Crippen LogP contribution in [0.4, 0.5) is 5.82 Å². The largest absolute Gasteiger partial charge is 0.312 e. The molecule has 0 unspecified atom stereocenters. The monoisotopic (exact) mass is 314 g/mol. The molecule has 6 rings (SSSR count). The van der Waals surface area contributed by atoms with Gasteiger partial charge in [0, 0.05) is 32.1 Å². The Hall–Kier alpha value is -1.36. The molecular formula is C18H26N4O. The van der Waals surface area contributed by atoms with Gasteiger partial charge in [0.25, 0.3) is 0 Å². The van der Waals surface area contributed by atoms with E-state index in [0.29, 0.717) is 0 Å². The maximum atomic E-state index is 13.2. The maximum Gasteiger partial charge on any atom is 0.231 e. The van der Waals surface area contributed by atoms with Crippen LogP contribution in [0, 0.1) is 23.2 Å². The van der Waals surface area contributed by atoms with Gasteiger partial charge in [-0.25, -0.2) is 0 Å². The van der Waals surface area contributed by atoms with E-state index in [1.807, 2.05) is 11.7 Å². The molecule has 4 fully saturated rings. The molecule has 0 radical (unpaired) electrons. The summed E-state index contributed by atoms with van der Waals surface area (Å²) in [6.45, 7) is 1.80. The second-order valence-electron chi connectivity index (χ2n) is 8.48. The van der Waals surface area contributed by atoms with Crippen LogP contribution in [0.3, 0.4) is 0 Å². The number of nitrogens with zero attached hydrogens (tertiary/aromatic N) is 2. The average Bonchev–Trinajstić information content (AvgIpc) is 2.82. The second kappa shape index (κ2) is 4.82. The quantitative estimate of drug-likeness (QED) is 0.880. The Morgan fingerprint density at radius 3 is 2.52 bits per heavy atom. The van der Waals surface area contributed by atoms with Crippen molar-refractivity contribution < 1.29 is 4.79 Å². The van der Waals surface area contributed by atoms with Crippen LogP contribution >= 0.6 is 0 Å². The highest BCUT2D eigenvalue weighted by atomic mass is 16.2. The Kier molecular flexibility index (Phi) is 2.94. The minimum Gasteiger partial charge on any atom is -0.312 e. The molecule has 124 valence electrons. The van der Waals surface area contributed by atoms with Gasteiger partial charge in [0.05, 0.1) is 11.1 Å². The van der Waals surface area contributed by atoms with E-state index in [0.717, 1.165) is 68.0 Å². The predicted molar refractivity (Wildman–Crippen MR) is 87.9 cm³/mol. The lowest BCUT2D eigenvalue weighted by molar-refractivity contribution is -0.140. The second-order valence-corrected chi connectivity index (χ2v) is 8.48. The molecule has 2 heterocycles. The third-order valence-corrected chi connectivity index (χ3v) is 6.82. The van der Waals surface area contributed by atoms with Crippen molar-refractivity contribution in [3.8, 4) is 0 Å². The first-order valence-corrected chi connectivity index (χ1v) is 9.20. The SMILES string of the molecule is Cn1nc2c(c1NC(=O)C13CC4CC(CC(C4)C1)C3)CNCC2. The van der Waals surface area contributed by atoms with Crippen molar-refractivity contribution in [3.63, 3.8) is 0 Å². The van der Waals surface area contributed by atoms with Crippen molar-refractivity contribution in [1.82, 2.24) is 15.1 Å². The van der Waals surface area contributed by atoms with Crippen molar-refractivity contribution in [1.29, 1.82) is 0 Å². The molecule has 1 aliphatic heterocycles. The van der Waals surface area contributed by atoms with Crippen LogP contribution in [0.25, 0.3) is 0 Å². The third-order valence-electron chi connectivity index (χ3n) is 6.82. The fourth-order valence-electron chi connectivity index (χ4n) is 6.22. The van der Waals surface area contributed by atoms with Gasteiger partial charge in [0.15, 0.2) is 0 Å². The zero-order chi connectivity index (χ0) is 15.6. The first kappa shape index (κ1) is 14.0. The number of anilines is 1. The first-order valence-electron chi connectivity index (χ1n) is 9.20. The summed E-state index contributed by atoms with van der Waals surface area (Å²) < 4.78 is 1.87. The summed E-state index contributed by atoms with van der Waals surface area (Å²) in [6.07, 6.45) is 8.42. The van der Waals surface area contributed by atoms with Crippen molar-refractivity contribution in [2.24, 2.45) is 30.2 Å². The van der Waals surface area contributed by atoms with Crippen LogP contribution in [0.5, 0.6) is 0 Å². The molecule has 4 saturated carbocycles. The van der Waals surface area contributed by atoms with Crippen LogP contribution < -0.4 is 10.6 Å². The predicted octanol–water partition coefficient (Wildman–Crippen LogP) is 2.22. The summed E-state index contributed by atoms with van der Waals surface area (Å²) in [5.41, 5.74) is 2.25. The number of amides is 1. The number of hydrogen-bond acceptors (Lipinski definition) is 3. The normalized spacial score (nSPS) is 37.7. The number of fused-ring (bicyclic) bond motifs is 1. The highest BCUT2D eigenvalue weighted by molar-refractivity contribution is 5.95. The van der Waals surface area contributed by atoms with Gasteiger partial charge in [-0.05, 0) is 56.3 Å². The van der Waals surface area contributed by atoms with Crippen LogP contribution in [0.2, 0.25) is 0 Å². The molecule has 2 N–H and O–H groups in total. The highest BCUT2D eigenvalue weighted by Crippen LogP contribution is 2.60. The molecule has 5 nitrogen and oxygen atoms in total. The van der Waals surface area contributed by atoms with Crippen LogP contribution in [0.1, 0.15) is 49.8 Å². The molecule has 5 aliphatic rings. The Labute approximate surface area is 137 Å². The summed E-state index contributed by atoms with van der Waals surface area (Å²) in [5, 5.41) is 11.3. The summed E-state index contributed by atoms with van der Waals surface area (Å²) in [7, 11) is 1.95. The van der Waals surface area contributed by atoms with Gasteiger partial charge in [-0.2, -0.15) is 5.10 Å². The lowest BCUT2D eigenvalue weighted by Crippen LogP contribution is -2.52. The van der Waals surface area contributed by atoms with Gasteiger partial charge >= 0.3 is 0 Å². The number of carbonyl (C=O) groups excluding carboxylic acids is 1. The van der Waals surface area contributed by atoms with E-state index < -0.39 is 0 Å². The van der Waals surface area contributed by atoms with Gasteiger partial charge < -0.3 is 10.6 Å². The number of rotatable bonds is 2. The minimum absolute atomic E-state index is 0.0893. The molecule has 5 heteroatoms. The Bertz CT molecular complexity index is 627. The van der Waals surface area contributed by atoms with Gasteiger partial charge in [0.2, 0.25) is 5.91 Å².